The summed E-state index contributed by atoms with van der Waals surface area (Å²) >= 11 is 1.81. The molecule has 4 nitrogen and oxygen atoms in total. The number of benzene rings is 1. The van der Waals surface area contributed by atoms with Crippen molar-refractivity contribution < 1.29 is 4.74 Å². The second-order valence-electron chi connectivity index (χ2n) is 5.75. The largest absolute Gasteiger partial charge is 0.372 e. The van der Waals surface area contributed by atoms with Gasteiger partial charge >= 0.3 is 0 Å². The molecule has 0 unspecified atom stereocenters. The molecule has 0 fully saturated rings. The minimum atomic E-state index is 0. The Morgan fingerprint density at radius 3 is 2.88 bits per heavy atom. The first-order valence-electron chi connectivity index (χ1n) is 7.89. The van der Waals surface area contributed by atoms with E-state index in [0.29, 0.717) is 0 Å². The van der Waals surface area contributed by atoms with E-state index >= 15 is 0 Å². The Labute approximate surface area is 165 Å². The normalized spacial score (nSPS) is 13.3. The number of rotatable bonds is 5. The molecule has 0 aliphatic carbocycles. The summed E-state index contributed by atoms with van der Waals surface area (Å²) in [7, 11) is 3.92. The zero-order valence-electron chi connectivity index (χ0n) is 14.1. The van der Waals surface area contributed by atoms with Crippen molar-refractivity contribution in [2.45, 2.75) is 26.2 Å². The maximum Gasteiger partial charge on any atom is 0.193 e. The van der Waals surface area contributed by atoms with Gasteiger partial charge in [-0.05, 0) is 34.6 Å². The van der Waals surface area contributed by atoms with Crippen LogP contribution >= 0.6 is 35.3 Å². The number of nitrogens with zero attached hydrogens (tertiary/aromatic N) is 2. The molecule has 130 valence electrons. The average Bonchev–Trinajstić information content (AvgIpc) is 3.24. The Bertz CT molecular complexity index is 673. The van der Waals surface area contributed by atoms with Crippen LogP contribution in [0, 0.1) is 0 Å². The molecule has 3 rings (SSSR count). The lowest BCUT2D eigenvalue weighted by molar-refractivity contribution is 0.134. The fraction of sp³-hybridized carbons (Fsp3) is 0.389. The van der Waals surface area contributed by atoms with E-state index in [1.54, 1.807) is 11.3 Å². The molecular formula is C18H24IN3OS. The lowest BCUT2D eigenvalue weighted by Gasteiger charge is -2.22. The number of hydrogen-bond acceptors (Lipinski definition) is 3. The van der Waals surface area contributed by atoms with Crippen LogP contribution in [-0.4, -0.2) is 31.5 Å². The first-order chi connectivity index (χ1) is 11.3. The third-order valence-electron chi connectivity index (χ3n) is 4.08. The SMILES string of the molecule is CN=C(NCc1ccc2c(c1)COC2)N(C)CCc1cccs1.I. The summed E-state index contributed by atoms with van der Waals surface area (Å²) in [6, 6.07) is 10.8. The highest BCUT2D eigenvalue weighted by molar-refractivity contribution is 14.0. The van der Waals surface area contributed by atoms with Crippen LogP contribution < -0.4 is 5.32 Å². The molecular weight excluding hydrogens is 433 g/mol. The number of ether oxygens (including phenoxy) is 1. The number of aliphatic imine (C=N–C) groups is 1. The molecule has 1 aromatic carbocycles. The number of nitrogens with one attached hydrogen (secondary N) is 1. The van der Waals surface area contributed by atoms with Crippen LogP contribution in [0.3, 0.4) is 0 Å². The minimum absolute atomic E-state index is 0. The van der Waals surface area contributed by atoms with E-state index < -0.39 is 0 Å². The van der Waals surface area contributed by atoms with Gasteiger partial charge in [-0.3, -0.25) is 4.99 Å². The van der Waals surface area contributed by atoms with Crippen LogP contribution in [0.15, 0.2) is 40.7 Å². The molecule has 1 aromatic heterocycles. The molecule has 0 bridgehead atoms. The third-order valence-corrected chi connectivity index (χ3v) is 5.02. The van der Waals surface area contributed by atoms with Gasteiger partial charge in [0.2, 0.25) is 0 Å². The van der Waals surface area contributed by atoms with Gasteiger partial charge in [0, 0.05) is 32.1 Å². The fourth-order valence-corrected chi connectivity index (χ4v) is 3.44. The van der Waals surface area contributed by atoms with Crippen molar-refractivity contribution in [3.63, 3.8) is 0 Å². The van der Waals surface area contributed by atoms with Crippen LogP contribution in [0.4, 0.5) is 0 Å². The van der Waals surface area contributed by atoms with Crippen molar-refractivity contribution in [1.82, 2.24) is 10.2 Å². The van der Waals surface area contributed by atoms with Crippen molar-refractivity contribution in [2.24, 2.45) is 4.99 Å². The summed E-state index contributed by atoms with van der Waals surface area (Å²) in [5.41, 5.74) is 3.89. The fourth-order valence-electron chi connectivity index (χ4n) is 2.74. The Morgan fingerprint density at radius 2 is 2.12 bits per heavy atom. The van der Waals surface area contributed by atoms with Crippen LogP contribution in [-0.2, 0) is 30.9 Å². The lowest BCUT2D eigenvalue weighted by Crippen LogP contribution is -2.39. The molecule has 0 saturated carbocycles. The highest BCUT2D eigenvalue weighted by Gasteiger charge is 2.12. The standard InChI is InChI=1S/C18H23N3OS.HI/c1-19-18(21(2)8-7-17-4-3-9-23-17)20-11-14-5-6-15-12-22-13-16(15)10-14;/h3-6,9-10H,7-8,11-13H2,1-2H3,(H,19,20);1H. The van der Waals surface area contributed by atoms with Gasteiger partial charge in [0.15, 0.2) is 5.96 Å². The number of halogens is 1. The Hall–Kier alpha value is -1.12. The predicted octanol–water partition coefficient (Wildman–Crippen LogP) is 3.65. The quantitative estimate of drug-likeness (QED) is 0.423. The second kappa shape index (κ2) is 9.39. The molecule has 0 radical (unpaired) electrons. The smallest absolute Gasteiger partial charge is 0.193 e. The van der Waals surface area contributed by atoms with Crippen molar-refractivity contribution in [2.75, 3.05) is 20.6 Å². The summed E-state index contributed by atoms with van der Waals surface area (Å²) in [5, 5.41) is 5.57. The zero-order chi connectivity index (χ0) is 16.1. The van der Waals surface area contributed by atoms with E-state index in [9.17, 15) is 0 Å². The predicted molar refractivity (Wildman–Crippen MR) is 111 cm³/mol. The Balaban J connectivity index is 0.00000208. The van der Waals surface area contributed by atoms with Crippen molar-refractivity contribution >= 4 is 41.3 Å². The number of hydrogen-bond donors (Lipinski definition) is 1. The van der Waals surface area contributed by atoms with Gasteiger partial charge in [-0.15, -0.1) is 35.3 Å². The molecule has 2 aromatic rings. The summed E-state index contributed by atoms with van der Waals surface area (Å²) in [4.78, 5) is 7.97. The first kappa shape index (κ1) is 19.2. The molecule has 1 N–H and O–H groups in total. The summed E-state index contributed by atoms with van der Waals surface area (Å²) in [5.74, 6) is 0.929. The Morgan fingerprint density at radius 1 is 1.29 bits per heavy atom. The molecule has 6 heteroatoms. The number of fused-ring (bicyclic) bond motifs is 1. The van der Waals surface area contributed by atoms with E-state index in [4.69, 9.17) is 4.74 Å². The van der Waals surface area contributed by atoms with Crippen LogP contribution in [0.2, 0.25) is 0 Å². The van der Waals surface area contributed by atoms with E-state index in [1.807, 2.05) is 7.05 Å². The molecule has 0 spiro atoms. The van der Waals surface area contributed by atoms with Crippen molar-refractivity contribution in [3.05, 3.63) is 57.3 Å². The number of guanidine groups is 1. The van der Waals surface area contributed by atoms with Crippen LogP contribution in [0.1, 0.15) is 21.6 Å². The third kappa shape index (κ3) is 4.94. The van der Waals surface area contributed by atoms with E-state index in [2.05, 4.69) is 58.0 Å². The molecule has 2 heterocycles. The number of thiophene rings is 1. The maximum absolute atomic E-state index is 5.47. The number of likely N-dealkylation sites (N-methyl/N-ethyl adjacent to an activating group) is 1. The van der Waals surface area contributed by atoms with E-state index in [1.165, 1.54) is 21.6 Å². The monoisotopic (exact) mass is 457 g/mol. The first-order valence-corrected chi connectivity index (χ1v) is 8.77. The average molecular weight is 457 g/mol. The Kier molecular flexibility index (Phi) is 7.51. The molecule has 0 saturated heterocycles. The van der Waals surface area contributed by atoms with Crippen molar-refractivity contribution in [1.29, 1.82) is 0 Å². The molecule has 24 heavy (non-hydrogen) atoms. The second-order valence-corrected chi connectivity index (χ2v) is 6.78. The summed E-state index contributed by atoms with van der Waals surface area (Å²) < 4.78 is 5.47. The summed E-state index contributed by atoms with van der Waals surface area (Å²) in [6.07, 6.45) is 1.05. The highest BCUT2D eigenvalue weighted by Crippen LogP contribution is 2.20. The van der Waals surface area contributed by atoms with Crippen molar-refractivity contribution in [3.8, 4) is 0 Å². The highest BCUT2D eigenvalue weighted by atomic mass is 127. The van der Waals surface area contributed by atoms with E-state index in [0.717, 1.165) is 38.7 Å². The van der Waals surface area contributed by atoms with Crippen LogP contribution in [0.25, 0.3) is 0 Å². The molecule has 1 aliphatic rings. The summed E-state index contributed by atoms with van der Waals surface area (Å²) in [6.45, 7) is 3.22. The van der Waals surface area contributed by atoms with Gasteiger partial charge in [0.25, 0.3) is 0 Å². The molecule has 1 aliphatic heterocycles. The van der Waals surface area contributed by atoms with Gasteiger partial charge in [-0.25, -0.2) is 0 Å². The topological polar surface area (TPSA) is 36.9 Å². The van der Waals surface area contributed by atoms with Gasteiger partial charge in [0.05, 0.1) is 13.2 Å². The lowest BCUT2D eigenvalue weighted by atomic mass is 10.1. The van der Waals surface area contributed by atoms with Gasteiger partial charge in [0.1, 0.15) is 0 Å². The molecule has 0 amide bonds. The minimum Gasteiger partial charge on any atom is -0.372 e. The van der Waals surface area contributed by atoms with Gasteiger partial charge < -0.3 is 15.0 Å². The maximum atomic E-state index is 5.47. The molecule has 0 atom stereocenters. The zero-order valence-corrected chi connectivity index (χ0v) is 17.3. The van der Waals surface area contributed by atoms with Gasteiger partial charge in [-0.2, -0.15) is 0 Å². The van der Waals surface area contributed by atoms with Gasteiger partial charge in [-0.1, -0.05) is 24.3 Å². The van der Waals surface area contributed by atoms with E-state index in [-0.39, 0.29) is 24.0 Å². The van der Waals surface area contributed by atoms with Crippen LogP contribution in [0.5, 0.6) is 0 Å².